The molecule has 0 amide bonds. The molecule has 1 fully saturated rings. The van der Waals surface area contributed by atoms with Crippen molar-refractivity contribution in [3.05, 3.63) is 29.8 Å². The standard InChI is InChI=1S/C14H20FNO/c15-9-10-17-13-5-3-12(4-6-13)14(11-16)7-1-2-8-14/h3-6H,1-2,7-11,16H2. The number of benzene rings is 1. The maximum absolute atomic E-state index is 12.0. The van der Waals surface area contributed by atoms with Gasteiger partial charge in [-0.05, 0) is 30.5 Å². The van der Waals surface area contributed by atoms with Crippen molar-refractivity contribution in [2.75, 3.05) is 19.8 Å². The summed E-state index contributed by atoms with van der Waals surface area (Å²) < 4.78 is 17.2. The van der Waals surface area contributed by atoms with Gasteiger partial charge in [0.25, 0.3) is 0 Å². The molecule has 0 saturated heterocycles. The fraction of sp³-hybridized carbons (Fsp3) is 0.571. The van der Waals surface area contributed by atoms with Crippen molar-refractivity contribution in [3.63, 3.8) is 0 Å². The van der Waals surface area contributed by atoms with Crippen LogP contribution in [0.25, 0.3) is 0 Å². The average molecular weight is 237 g/mol. The van der Waals surface area contributed by atoms with E-state index in [2.05, 4.69) is 12.1 Å². The van der Waals surface area contributed by atoms with Crippen LogP contribution < -0.4 is 10.5 Å². The Labute approximate surface area is 102 Å². The molecule has 0 aromatic heterocycles. The molecule has 1 saturated carbocycles. The molecule has 2 nitrogen and oxygen atoms in total. The Balaban J connectivity index is 2.11. The molecule has 17 heavy (non-hydrogen) atoms. The molecule has 3 heteroatoms. The Morgan fingerprint density at radius 1 is 1.18 bits per heavy atom. The van der Waals surface area contributed by atoms with Crippen molar-refractivity contribution >= 4 is 0 Å². The lowest BCUT2D eigenvalue weighted by Crippen LogP contribution is -2.31. The highest BCUT2D eigenvalue weighted by Crippen LogP contribution is 2.40. The third-order valence-corrected chi connectivity index (χ3v) is 3.76. The van der Waals surface area contributed by atoms with Gasteiger partial charge in [0, 0.05) is 12.0 Å². The fourth-order valence-electron chi connectivity index (χ4n) is 2.72. The SMILES string of the molecule is NCC1(c2ccc(OCCF)cc2)CCCC1. The van der Waals surface area contributed by atoms with E-state index in [-0.39, 0.29) is 12.0 Å². The Kier molecular flexibility index (Phi) is 4.00. The molecule has 1 aromatic carbocycles. The minimum absolute atomic E-state index is 0.126. The summed E-state index contributed by atoms with van der Waals surface area (Å²) in [6, 6.07) is 7.99. The van der Waals surface area contributed by atoms with E-state index in [1.807, 2.05) is 12.1 Å². The Hall–Kier alpha value is -1.09. The molecule has 1 aliphatic rings. The highest BCUT2D eigenvalue weighted by Gasteiger charge is 2.33. The van der Waals surface area contributed by atoms with Gasteiger partial charge in [0.2, 0.25) is 0 Å². The van der Waals surface area contributed by atoms with Gasteiger partial charge in [0.15, 0.2) is 0 Å². The van der Waals surface area contributed by atoms with Gasteiger partial charge in [-0.3, -0.25) is 0 Å². The largest absolute Gasteiger partial charge is 0.491 e. The zero-order chi connectivity index (χ0) is 12.1. The van der Waals surface area contributed by atoms with Crippen molar-refractivity contribution in [1.82, 2.24) is 0 Å². The highest BCUT2D eigenvalue weighted by atomic mass is 19.1. The molecule has 0 radical (unpaired) electrons. The Morgan fingerprint density at radius 3 is 2.35 bits per heavy atom. The zero-order valence-corrected chi connectivity index (χ0v) is 10.1. The molecule has 2 N–H and O–H groups in total. The minimum atomic E-state index is -0.450. The van der Waals surface area contributed by atoms with Crippen molar-refractivity contribution in [3.8, 4) is 5.75 Å². The number of ether oxygens (including phenoxy) is 1. The van der Waals surface area contributed by atoms with E-state index in [4.69, 9.17) is 10.5 Å². The van der Waals surface area contributed by atoms with Crippen LogP contribution in [0.15, 0.2) is 24.3 Å². The van der Waals surface area contributed by atoms with E-state index in [1.165, 1.54) is 31.2 Å². The first-order chi connectivity index (χ1) is 8.30. The van der Waals surface area contributed by atoms with Crippen LogP contribution in [0.1, 0.15) is 31.2 Å². The van der Waals surface area contributed by atoms with E-state index in [0.29, 0.717) is 6.54 Å². The first-order valence-electron chi connectivity index (χ1n) is 6.30. The lowest BCUT2D eigenvalue weighted by Gasteiger charge is -2.28. The van der Waals surface area contributed by atoms with Crippen LogP contribution in [0.3, 0.4) is 0 Å². The van der Waals surface area contributed by atoms with Crippen LogP contribution in [0.2, 0.25) is 0 Å². The second-order valence-electron chi connectivity index (χ2n) is 4.75. The van der Waals surface area contributed by atoms with Crippen molar-refractivity contribution in [2.45, 2.75) is 31.1 Å². The zero-order valence-electron chi connectivity index (χ0n) is 10.1. The number of rotatable bonds is 5. The summed E-state index contributed by atoms with van der Waals surface area (Å²) in [6.07, 6.45) is 4.87. The predicted molar refractivity (Wildman–Crippen MR) is 67.1 cm³/mol. The van der Waals surface area contributed by atoms with Gasteiger partial charge in [0.05, 0.1) is 0 Å². The first-order valence-corrected chi connectivity index (χ1v) is 6.30. The third-order valence-electron chi connectivity index (χ3n) is 3.76. The monoisotopic (exact) mass is 237 g/mol. The van der Waals surface area contributed by atoms with E-state index in [0.717, 1.165) is 5.75 Å². The topological polar surface area (TPSA) is 35.2 Å². The highest BCUT2D eigenvalue weighted by molar-refractivity contribution is 5.33. The van der Waals surface area contributed by atoms with Crippen LogP contribution in [0.4, 0.5) is 4.39 Å². The van der Waals surface area contributed by atoms with Crippen molar-refractivity contribution in [2.24, 2.45) is 5.73 Å². The summed E-state index contributed by atoms with van der Waals surface area (Å²) >= 11 is 0. The second-order valence-corrected chi connectivity index (χ2v) is 4.75. The smallest absolute Gasteiger partial charge is 0.123 e. The summed E-state index contributed by atoms with van der Waals surface area (Å²) in [4.78, 5) is 0. The van der Waals surface area contributed by atoms with E-state index >= 15 is 0 Å². The van der Waals surface area contributed by atoms with Gasteiger partial charge in [-0.25, -0.2) is 4.39 Å². The second kappa shape index (κ2) is 5.50. The number of halogens is 1. The Bertz CT molecular complexity index is 344. The van der Waals surface area contributed by atoms with Gasteiger partial charge >= 0.3 is 0 Å². The normalized spacial score (nSPS) is 18.2. The molecule has 0 spiro atoms. The molecular weight excluding hydrogens is 217 g/mol. The van der Waals surface area contributed by atoms with E-state index < -0.39 is 6.67 Å². The average Bonchev–Trinajstić information content (AvgIpc) is 2.87. The van der Waals surface area contributed by atoms with Crippen LogP contribution in [-0.4, -0.2) is 19.8 Å². The number of alkyl halides is 1. The number of nitrogens with two attached hydrogens (primary N) is 1. The minimum Gasteiger partial charge on any atom is -0.491 e. The summed E-state index contributed by atoms with van der Waals surface area (Å²) in [5.74, 6) is 0.733. The molecule has 0 bridgehead atoms. The first kappa shape index (κ1) is 12.4. The molecule has 1 aliphatic carbocycles. The number of hydrogen-bond donors (Lipinski definition) is 1. The van der Waals surface area contributed by atoms with Crippen LogP contribution in [0, 0.1) is 0 Å². The summed E-state index contributed by atoms with van der Waals surface area (Å²) in [5, 5.41) is 0. The van der Waals surface area contributed by atoms with Gasteiger partial charge in [-0.15, -0.1) is 0 Å². The summed E-state index contributed by atoms with van der Waals surface area (Å²) in [6.45, 7) is 0.382. The maximum atomic E-state index is 12.0. The number of hydrogen-bond acceptors (Lipinski definition) is 2. The maximum Gasteiger partial charge on any atom is 0.123 e. The summed E-state index contributed by atoms with van der Waals surface area (Å²) in [7, 11) is 0. The van der Waals surface area contributed by atoms with Gasteiger partial charge < -0.3 is 10.5 Å². The molecule has 0 aliphatic heterocycles. The molecule has 1 aromatic rings. The van der Waals surface area contributed by atoms with Crippen LogP contribution in [0.5, 0.6) is 5.75 Å². The van der Waals surface area contributed by atoms with Crippen LogP contribution >= 0.6 is 0 Å². The fourth-order valence-corrected chi connectivity index (χ4v) is 2.72. The molecule has 0 atom stereocenters. The Morgan fingerprint density at radius 2 is 1.82 bits per heavy atom. The lowest BCUT2D eigenvalue weighted by atomic mass is 9.79. The van der Waals surface area contributed by atoms with Gasteiger partial charge in [-0.1, -0.05) is 25.0 Å². The molecule has 0 unspecified atom stereocenters. The molecule has 0 heterocycles. The van der Waals surface area contributed by atoms with E-state index in [9.17, 15) is 4.39 Å². The summed E-state index contributed by atoms with van der Waals surface area (Å²) in [5.41, 5.74) is 7.40. The predicted octanol–water partition coefficient (Wildman–Crippen LogP) is 2.81. The lowest BCUT2D eigenvalue weighted by molar-refractivity contribution is 0.273. The van der Waals surface area contributed by atoms with E-state index in [1.54, 1.807) is 0 Å². The quantitative estimate of drug-likeness (QED) is 0.854. The third kappa shape index (κ3) is 2.60. The van der Waals surface area contributed by atoms with Gasteiger partial charge in [0.1, 0.15) is 19.0 Å². The molecule has 94 valence electrons. The molecule has 2 rings (SSSR count). The molecular formula is C14H20FNO. The van der Waals surface area contributed by atoms with Crippen molar-refractivity contribution < 1.29 is 9.13 Å². The van der Waals surface area contributed by atoms with Crippen LogP contribution in [-0.2, 0) is 5.41 Å². The van der Waals surface area contributed by atoms with Gasteiger partial charge in [-0.2, -0.15) is 0 Å². The van der Waals surface area contributed by atoms with Crippen molar-refractivity contribution in [1.29, 1.82) is 0 Å².